The van der Waals surface area contributed by atoms with Gasteiger partial charge in [0.15, 0.2) is 0 Å². The summed E-state index contributed by atoms with van der Waals surface area (Å²) in [6.45, 7) is 2.01. The third kappa shape index (κ3) is 2.56. The Bertz CT molecular complexity index is 452. The van der Waals surface area contributed by atoms with Crippen LogP contribution in [0.5, 0.6) is 0 Å². The molecule has 1 heterocycles. The first kappa shape index (κ1) is 11.7. The Balaban J connectivity index is 1.63. The van der Waals surface area contributed by atoms with Gasteiger partial charge in [0.1, 0.15) is 0 Å². The number of carbonyl (C=O) groups is 1. The zero-order valence-corrected chi connectivity index (χ0v) is 10.7. The summed E-state index contributed by atoms with van der Waals surface area (Å²) in [5.74, 6) is 0.175. The molecule has 0 spiro atoms. The van der Waals surface area contributed by atoms with Crippen molar-refractivity contribution in [2.75, 3.05) is 6.54 Å². The molecule has 0 atom stereocenters. The molecule has 0 radical (unpaired) electrons. The van der Waals surface area contributed by atoms with E-state index in [0.29, 0.717) is 12.5 Å². The maximum absolute atomic E-state index is 11.9. The van der Waals surface area contributed by atoms with E-state index in [1.165, 1.54) is 17.5 Å². The van der Waals surface area contributed by atoms with Crippen molar-refractivity contribution < 1.29 is 4.79 Å². The summed E-state index contributed by atoms with van der Waals surface area (Å²) in [5.41, 5.74) is 3.93. The van der Waals surface area contributed by atoms with E-state index >= 15 is 0 Å². The van der Waals surface area contributed by atoms with Crippen molar-refractivity contribution in [1.82, 2.24) is 10.6 Å². The van der Waals surface area contributed by atoms with E-state index in [9.17, 15) is 4.79 Å². The van der Waals surface area contributed by atoms with Crippen molar-refractivity contribution in [3.8, 4) is 0 Å². The minimum absolute atomic E-state index is 0.175. The maximum atomic E-state index is 11.9. The molecule has 3 heteroatoms. The van der Waals surface area contributed by atoms with Gasteiger partial charge in [-0.05, 0) is 48.9 Å². The van der Waals surface area contributed by atoms with Gasteiger partial charge in [0.2, 0.25) is 5.91 Å². The summed E-state index contributed by atoms with van der Waals surface area (Å²) in [5, 5.41) is 6.46. The average Bonchev–Trinajstić information content (AvgIpc) is 2.34. The van der Waals surface area contributed by atoms with E-state index in [2.05, 4.69) is 28.8 Å². The van der Waals surface area contributed by atoms with Gasteiger partial charge in [-0.2, -0.15) is 0 Å². The first-order chi connectivity index (χ1) is 8.81. The second-order valence-electron chi connectivity index (χ2n) is 5.40. The van der Waals surface area contributed by atoms with E-state index in [1.54, 1.807) is 0 Å². The summed E-state index contributed by atoms with van der Waals surface area (Å²) in [7, 11) is 0. The maximum Gasteiger partial charge on any atom is 0.224 e. The second-order valence-corrected chi connectivity index (χ2v) is 5.40. The lowest BCUT2D eigenvalue weighted by atomic mass is 9.92. The van der Waals surface area contributed by atoms with Gasteiger partial charge in [-0.15, -0.1) is 0 Å². The van der Waals surface area contributed by atoms with Crippen LogP contribution < -0.4 is 10.6 Å². The van der Waals surface area contributed by atoms with Crippen molar-refractivity contribution in [2.24, 2.45) is 0 Å². The Labute approximate surface area is 108 Å². The van der Waals surface area contributed by atoms with Crippen molar-refractivity contribution in [2.45, 2.75) is 44.7 Å². The van der Waals surface area contributed by atoms with Crippen molar-refractivity contribution in [3.05, 3.63) is 34.9 Å². The zero-order chi connectivity index (χ0) is 12.4. The van der Waals surface area contributed by atoms with Gasteiger partial charge in [0, 0.05) is 12.6 Å². The summed E-state index contributed by atoms with van der Waals surface area (Å²) in [6.07, 6.45) is 5.17. The molecule has 1 aliphatic carbocycles. The first-order valence-corrected chi connectivity index (χ1v) is 6.92. The van der Waals surface area contributed by atoms with Crippen LogP contribution in [0.25, 0.3) is 0 Å². The van der Waals surface area contributed by atoms with Gasteiger partial charge in [-0.1, -0.05) is 18.2 Å². The molecular weight excluding hydrogens is 224 g/mol. The molecule has 18 heavy (non-hydrogen) atoms. The molecule has 2 aliphatic rings. The average molecular weight is 244 g/mol. The fourth-order valence-corrected chi connectivity index (χ4v) is 2.66. The fraction of sp³-hybridized carbons (Fsp3) is 0.533. The molecule has 0 unspecified atom stereocenters. The number of benzene rings is 1. The minimum atomic E-state index is 0.175. The van der Waals surface area contributed by atoms with Crippen molar-refractivity contribution in [3.63, 3.8) is 0 Å². The third-order valence-electron chi connectivity index (χ3n) is 3.99. The van der Waals surface area contributed by atoms with Crippen LogP contribution in [-0.2, 0) is 24.2 Å². The number of hydrogen-bond donors (Lipinski definition) is 2. The predicted octanol–water partition coefficient (Wildman–Crippen LogP) is 1.54. The highest BCUT2D eigenvalue weighted by molar-refractivity contribution is 5.79. The Morgan fingerprint density at radius 2 is 2.22 bits per heavy atom. The molecule has 1 aromatic rings. The highest BCUT2D eigenvalue weighted by Gasteiger charge is 2.19. The molecule has 1 aliphatic heterocycles. The van der Waals surface area contributed by atoms with Gasteiger partial charge < -0.3 is 10.6 Å². The quantitative estimate of drug-likeness (QED) is 0.847. The topological polar surface area (TPSA) is 41.1 Å². The predicted molar refractivity (Wildman–Crippen MR) is 71.3 cm³/mol. The highest BCUT2D eigenvalue weighted by atomic mass is 16.1. The summed E-state index contributed by atoms with van der Waals surface area (Å²) < 4.78 is 0. The molecule has 1 aromatic carbocycles. The van der Waals surface area contributed by atoms with Crippen molar-refractivity contribution >= 4 is 5.91 Å². The number of nitrogens with one attached hydrogen (secondary N) is 2. The Hall–Kier alpha value is -1.35. The van der Waals surface area contributed by atoms with E-state index in [1.807, 2.05) is 0 Å². The molecule has 1 amide bonds. The second kappa shape index (κ2) is 5.11. The molecule has 1 saturated carbocycles. The Morgan fingerprint density at radius 1 is 1.33 bits per heavy atom. The summed E-state index contributed by atoms with van der Waals surface area (Å²) in [6, 6.07) is 6.90. The first-order valence-electron chi connectivity index (χ1n) is 6.92. The molecule has 0 saturated heterocycles. The summed E-state index contributed by atoms with van der Waals surface area (Å²) in [4.78, 5) is 11.9. The van der Waals surface area contributed by atoms with E-state index in [4.69, 9.17) is 0 Å². The molecule has 3 nitrogen and oxygen atoms in total. The van der Waals surface area contributed by atoms with Crippen LogP contribution in [0.1, 0.15) is 36.0 Å². The Kier molecular flexibility index (Phi) is 3.33. The summed E-state index contributed by atoms with van der Waals surface area (Å²) >= 11 is 0. The highest BCUT2D eigenvalue weighted by Crippen LogP contribution is 2.19. The van der Waals surface area contributed by atoms with Crippen LogP contribution in [0.3, 0.4) is 0 Å². The largest absolute Gasteiger partial charge is 0.353 e. The molecule has 2 N–H and O–H groups in total. The molecule has 3 rings (SSSR count). The molecule has 1 fully saturated rings. The van der Waals surface area contributed by atoms with Crippen LogP contribution in [0.15, 0.2) is 18.2 Å². The van der Waals surface area contributed by atoms with Crippen LogP contribution in [0.2, 0.25) is 0 Å². The normalized spacial score (nSPS) is 18.9. The van der Waals surface area contributed by atoms with Gasteiger partial charge in [0.05, 0.1) is 6.42 Å². The lowest BCUT2D eigenvalue weighted by Gasteiger charge is -2.26. The van der Waals surface area contributed by atoms with Crippen LogP contribution >= 0.6 is 0 Å². The SMILES string of the molecule is O=C(Cc1ccc2c(c1)CCNC2)NC1CCC1. The number of fused-ring (bicyclic) bond motifs is 1. The van der Waals surface area contributed by atoms with Gasteiger partial charge >= 0.3 is 0 Å². The number of rotatable bonds is 3. The van der Waals surface area contributed by atoms with E-state index in [-0.39, 0.29) is 5.91 Å². The number of hydrogen-bond acceptors (Lipinski definition) is 2. The minimum Gasteiger partial charge on any atom is -0.353 e. The van der Waals surface area contributed by atoms with Crippen LogP contribution in [0.4, 0.5) is 0 Å². The smallest absolute Gasteiger partial charge is 0.224 e. The van der Waals surface area contributed by atoms with Gasteiger partial charge in [0.25, 0.3) is 0 Å². The van der Waals surface area contributed by atoms with Gasteiger partial charge in [-0.25, -0.2) is 0 Å². The molecule has 0 bridgehead atoms. The van der Waals surface area contributed by atoms with Gasteiger partial charge in [-0.3, -0.25) is 4.79 Å². The Morgan fingerprint density at radius 3 is 3.00 bits per heavy atom. The van der Waals surface area contributed by atoms with Crippen LogP contribution in [0, 0.1) is 0 Å². The number of carbonyl (C=O) groups excluding carboxylic acids is 1. The number of amides is 1. The van der Waals surface area contributed by atoms with E-state index < -0.39 is 0 Å². The zero-order valence-electron chi connectivity index (χ0n) is 10.7. The lowest BCUT2D eigenvalue weighted by Crippen LogP contribution is -2.40. The van der Waals surface area contributed by atoms with Crippen molar-refractivity contribution in [1.29, 1.82) is 0 Å². The fourth-order valence-electron chi connectivity index (χ4n) is 2.66. The van der Waals surface area contributed by atoms with Crippen LogP contribution in [-0.4, -0.2) is 18.5 Å². The molecular formula is C15H20N2O. The monoisotopic (exact) mass is 244 g/mol. The molecule has 96 valence electrons. The standard InChI is InChI=1S/C15H20N2O/c18-15(17-14-2-1-3-14)9-11-4-5-13-10-16-7-6-12(13)8-11/h4-5,8,14,16H,1-3,6-7,9-10H2,(H,17,18). The lowest BCUT2D eigenvalue weighted by molar-refractivity contribution is -0.121. The molecule has 0 aromatic heterocycles. The van der Waals surface area contributed by atoms with E-state index in [0.717, 1.165) is 37.9 Å². The third-order valence-corrected chi connectivity index (χ3v) is 3.99.